The fourth-order valence-corrected chi connectivity index (χ4v) is 2.44. The zero-order chi connectivity index (χ0) is 15.3. The molecular formula is C14H21F3N4. The first-order chi connectivity index (χ1) is 10.0. The van der Waals surface area contributed by atoms with Crippen molar-refractivity contribution in [3.8, 4) is 0 Å². The number of halogens is 3. The summed E-state index contributed by atoms with van der Waals surface area (Å²) in [6.45, 7) is 4.44. The average molecular weight is 302 g/mol. The Labute approximate surface area is 122 Å². The monoisotopic (exact) mass is 302 g/mol. The minimum atomic E-state index is -4.08. The molecule has 0 radical (unpaired) electrons. The van der Waals surface area contributed by atoms with Crippen molar-refractivity contribution in [1.82, 2.24) is 15.5 Å². The van der Waals surface area contributed by atoms with E-state index in [0.29, 0.717) is 25.5 Å². The average Bonchev–Trinajstić information content (AvgIpc) is 2.48. The smallest absolute Gasteiger partial charge is 0.355 e. The van der Waals surface area contributed by atoms with E-state index in [1.165, 1.54) is 0 Å². The summed E-state index contributed by atoms with van der Waals surface area (Å²) in [7, 11) is 0. The molecule has 1 aliphatic heterocycles. The fourth-order valence-electron chi connectivity index (χ4n) is 2.44. The van der Waals surface area contributed by atoms with E-state index in [2.05, 4.69) is 22.4 Å². The zero-order valence-electron chi connectivity index (χ0n) is 12.2. The maximum atomic E-state index is 12.6. The van der Waals surface area contributed by atoms with Crippen LogP contribution in [0.5, 0.6) is 0 Å². The van der Waals surface area contributed by atoms with Crippen LogP contribution in [-0.2, 0) is 6.54 Å². The molecule has 0 aromatic carbocycles. The van der Waals surface area contributed by atoms with E-state index in [1.807, 2.05) is 17.0 Å². The number of nitrogens with one attached hydrogen (secondary N) is 1. The molecule has 0 spiro atoms. The third-order valence-corrected chi connectivity index (χ3v) is 3.72. The van der Waals surface area contributed by atoms with Crippen LogP contribution in [0, 0.1) is 5.92 Å². The molecule has 1 saturated heterocycles. The lowest BCUT2D eigenvalue weighted by atomic mass is 9.96. The van der Waals surface area contributed by atoms with Gasteiger partial charge < -0.3 is 10.2 Å². The van der Waals surface area contributed by atoms with Crippen LogP contribution in [0.2, 0.25) is 0 Å². The Morgan fingerprint density at radius 1 is 1.24 bits per heavy atom. The number of aromatic nitrogens is 2. The number of piperidine rings is 1. The maximum Gasteiger partial charge on any atom is 0.391 e. The standard InChI is InChI=1S/C14H21F3N4/c1-2-7-18-10-12-3-4-13(20-19-12)21-8-5-11(6-9-21)14(15,16)17/h3-4,11,18H,2,5-10H2,1H3. The molecule has 2 rings (SSSR count). The van der Waals surface area contributed by atoms with Crippen molar-refractivity contribution in [3.63, 3.8) is 0 Å². The summed E-state index contributed by atoms with van der Waals surface area (Å²) in [5.41, 5.74) is 0.845. The number of rotatable bonds is 5. The Bertz CT molecular complexity index is 425. The van der Waals surface area contributed by atoms with Crippen molar-refractivity contribution >= 4 is 5.82 Å². The molecule has 21 heavy (non-hydrogen) atoms. The van der Waals surface area contributed by atoms with Crippen LogP contribution in [0.3, 0.4) is 0 Å². The van der Waals surface area contributed by atoms with Crippen molar-refractivity contribution in [2.24, 2.45) is 5.92 Å². The summed E-state index contributed by atoms with van der Waals surface area (Å²) >= 11 is 0. The SMILES string of the molecule is CCCNCc1ccc(N2CCC(C(F)(F)F)CC2)nn1. The first-order valence-electron chi connectivity index (χ1n) is 7.35. The molecule has 1 aliphatic rings. The molecule has 1 aromatic rings. The lowest BCUT2D eigenvalue weighted by Crippen LogP contribution is -2.39. The van der Waals surface area contributed by atoms with E-state index >= 15 is 0 Å². The Morgan fingerprint density at radius 3 is 2.48 bits per heavy atom. The van der Waals surface area contributed by atoms with E-state index in [0.717, 1.165) is 18.7 Å². The second-order valence-corrected chi connectivity index (χ2v) is 5.36. The van der Waals surface area contributed by atoms with Gasteiger partial charge in [0.25, 0.3) is 0 Å². The number of hydrogen-bond donors (Lipinski definition) is 1. The molecule has 0 amide bonds. The minimum absolute atomic E-state index is 0.130. The molecule has 0 atom stereocenters. The van der Waals surface area contributed by atoms with Crippen molar-refractivity contribution in [3.05, 3.63) is 17.8 Å². The first kappa shape index (κ1) is 16.0. The topological polar surface area (TPSA) is 41.0 Å². The van der Waals surface area contributed by atoms with Crippen LogP contribution >= 0.6 is 0 Å². The van der Waals surface area contributed by atoms with E-state index < -0.39 is 12.1 Å². The molecule has 0 bridgehead atoms. The molecule has 4 nitrogen and oxygen atoms in total. The van der Waals surface area contributed by atoms with Gasteiger partial charge >= 0.3 is 6.18 Å². The van der Waals surface area contributed by atoms with Gasteiger partial charge in [-0.3, -0.25) is 0 Å². The van der Waals surface area contributed by atoms with Crippen LogP contribution in [0.15, 0.2) is 12.1 Å². The maximum absolute atomic E-state index is 12.6. The van der Waals surface area contributed by atoms with Gasteiger partial charge in [-0.2, -0.15) is 18.3 Å². The number of hydrogen-bond acceptors (Lipinski definition) is 4. The highest BCUT2D eigenvalue weighted by Crippen LogP contribution is 2.34. The second-order valence-electron chi connectivity index (χ2n) is 5.36. The van der Waals surface area contributed by atoms with Gasteiger partial charge in [-0.05, 0) is 37.9 Å². The Kier molecular flexibility index (Phi) is 5.39. The summed E-state index contributed by atoms with van der Waals surface area (Å²) in [6.07, 6.45) is -2.76. The van der Waals surface area contributed by atoms with Crippen LogP contribution in [-0.4, -0.2) is 36.0 Å². The van der Waals surface area contributed by atoms with Crippen molar-refractivity contribution in [2.75, 3.05) is 24.5 Å². The predicted octanol–water partition coefficient (Wildman–Crippen LogP) is 2.75. The van der Waals surface area contributed by atoms with Gasteiger partial charge in [-0.25, -0.2) is 0 Å². The Morgan fingerprint density at radius 2 is 1.95 bits per heavy atom. The summed E-state index contributed by atoms with van der Waals surface area (Å²) in [5.74, 6) is -0.519. The van der Waals surface area contributed by atoms with Gasteiger partial charge in [0.2, 0.25) is 0 Å². The largest absolute Gasteiger partial charge is 0.391 e. The van der Waals surface area contributed by atoms with E-state index in [-0.39, 0.29) is 12.8 Å². The van der Waals surface area contributed by atoms with E-state index in [1.54, 1.807) is 0 Å². The van der Waals surface area contributed by atoms with Crippen LogP contribution in [0.4, 0.5) is 19.0 Å². The lowest BCUT2D eigenvalue weighted by Gasteiger charge is -2.33. The second kappa shape index (κ2) is 7.06. The molecule has 0 unspecified atom stereocenters. The molecule has 0 saturated carbocycles. The molecule has 1 fully saturated rings. The third-order valence-electron chi connectivity index (χ3n) is 3.72. The number of anilines is 1. The molecule has 1 aromatic heterocycles. The highest BCUT2D eigenvalue weighted by atomic mass is 19.4. The fraction of sp³-hybridized carbons (Fsp3) is 0.714. The molecule has 118 valence electrons. The van der Waals surface area contributed by atoms with Crippen LogP contribution < -0.4 is 10.2 Å². The highest BCUT2D eigenvalue weighted by Gasteiger charge is 2.41. The van der Waals surface area contributed by atoms with E-state index in [4.69, 9.17) is 0 Å². The summed E-state index contributed by atoms with van der Waals surface area (Å²) in [4.78, 5) is 1.87. The Balaban J connectivity index is 1.86. The third kappa shape index (κ3) is 4.56. The number of alkyl halides is 3. The van der Waals surface area contributed by atoms with Crippen molar-refractivity contribution < 1.29 is 13.2 Å². The van der Waals surface area contributed by atoms with Gasteiger partial charge in [0, 0.05) is 19.6 Å². The number of nitrogens with zero attached hydrogens (tertiary/aromatic N) is 3. The minimum Gasteiger partial charge on any atom is -0.355 e. The van der Waals surface area contributed by atoms with Crippen LogP contribution in [0.1, 0.15) is 31.9 Å². The van der Waals surface area contributed by atoms with E-state index in [9.17, 15) is 13.2 Å². The quantitative estimate of drug-likeness (QED) is 0.849. The predicted molar refractivity (Wildman–Crippen MR) is 75.0 cm³/mol. The normalized spacial score (nSPS) is 17.2. The summed E-state index contributed by atoms with van der Waals surface area (Å²) < 4.78 is 37.9. The molecule has 2 heterocycles. The molecule has 0 aliphatic carbocycles. The summed E-state index contributed by atoms with van der Waals surface area (Å²) in [6, 6.07) is 3.71. The molecule has 7 heteroatoms. The first-order valence-corrected chi connectivity index (χ1v) is 7.35. The van der Waals surface area contributed by atoms with Gasteiger partial charge in [0.1, 0.15) is 0 Å². The van der Waals surface area contributed by atoms with Gasteiger partial charge in [-0.1, -0.05) is 6.92 Å². The van der Waals surface area contributed by atoms with Gasteiger partial charge in [0.15, 0.2) is 5.82 Å². The zero-order valence-corrected chi connectivity index (χ0v) is 12.2. The van der Waals surface area contributed by atoms with Gasteiger partial charge in [0.05, 0.1) is 11.6 Å². The molecular weight excluding hydrogens is 281 g/mol. The highest BCUT2D eigenvalue weighted by molar-refractivity contribution is 5.37. The van der Waals surface area contributed by atoms with Crippen molar-refractivity contribution in [1.29, 1.82) is 0 Å². The van der Waals surface area contributed by atoms with Gasteiger partial charge in [-0.15, -0.1) is 5.10 Å². The van der Waals surface area contributed by atoms with Crippen molar-refractivity contribution in [2.45, 2.75) is 38.9 Å². The Hall–Kier alpha value is -1.37. The lowest BCUT2D eigenvalue weighted by molar-refractivity contribution is -0.179. The molecule has 1 N–H and O–H groups in total. The summed E-state index contributed by atoms with van der Waals surface area (Å²) in [5, 5.41) is 11.5. The van der Waals surface area contributed by atoms with Crippen LogP contribution in [0.25, 0.3) is 0 Å².